The second-order valence-corrected chi connectivity index (χ2v) is 6.23. The Kier molecular flexibility index (Phi) is 8.00. The number of carbonyl (C=O) groups excluding carboxylic acids is 1. The maximum atomic E-state index is 11.1. The maximum absolute atomic E-state index is 11.1. The van der Waals surface area contributed by atoms with Gasteiger partial charge in [0.2, 0.25) is 5.91 Å². The molecule has 1 saturated carbocycles. The average Bonchev–Trinajstić information content (AvgIpc) is 2.69. The van der Waals surface area contributed by atoms with E-state index in [2.05, 4.69) is 19.6 Å². The van der Waals surface area contributed by atoms with Gasteiger partial charge in [0.1, 0.15) is 5.76 Å². The molecule has 0 spiro atoms. The minimum absolute atomic E-state index is 0.174. The van der Waals surface area contributed by atoms with E-state index >= 15 is 0 Å². The van der Waals surface area contributed by atoms with E-state index in [1.807, 2.05) is 19.9 Å². The summed E-state index contributed by atoms with van der Waals surface area (Å²) in [5.41, 5.74) is 7.63. The summed E-state index contributed by atoms with van der Waals surface area (Å²) in [7, 11) is 0. The molecule has 1 amide bonds. The Morgan fingerprint density at radius 1 is 1.32 bits per heavy atom. The van der Waals surface area contributed by atoms with Gasteiger partial charge in [-0.2, -0.15) is 0 Å². The van der Waals surface area contributed by atoms with Crippen molar-refractivity contribution in [1.82, 2.24) is 0 Å². The minimum Gasteiger partial charge on any atom is -0.494 e. The fourth-order valence-electron chi connectivity index (χ4n) is 3.29. The van der Waals surface area contributed by atoms with E-state index in [4.69, 9.17) is 10.5 Å². The smallest absolute Gasteiger partial charge is 0.217 e. The van der Waals surface area contributed by atoms with E-state index < -0.39 is 0 Å². The highest BCUT2D eigenvalue weighted by Crippen LogP contribution is 2.33. The zero-order valence-electron chi connectivity index (χ0n) is 14.4. The summed E-state index contributed by atoms with van der Waals surface area (Å²) >= 11 is 0. The van der Waals surface area contributed by atoms with E-state index in [0.29, 0.717) is 24.9 Å². The first kappa shape index (κ1) is 18.5. The number of allylic oxidation sites excluding steroid dienone is 4. The highest BCUT2D eigenvalue weighted by Gasteiger charge is 2.21. The number of hydrogen-bond acceptors (Lipinski definition) is 2. The van der Waals surface area contributed by atoms with Gasteiger partial charge in [-0.3, -0.25) is 4.79 Å². The third-order valence-corrected chi connectivity index (χ3v) is 4.46. The number of nitrogens with two attached hydrogens (primary N) is 1. The molecule has 0 aromatic heterocycles. The predicted molar refractivity (Wildman–Crippen MR) is 92.2 cm³/mol. The molecule has 124 valence electrons. The van der Waals surface area contributed by atoms with Crippen LogP contribution >= 0.6 is 0 Å². The molecular formula is C19H31NO2. The maximum Gasteiger partial charge on any atom is 0.217 e. The van der Waals surface area contributed by atoms with Crippen LogP contribution in [0.1, 0.15) is 59.3 Å². The summed E-state index contributed by atoms with van der Waals surface area (Å²) in [6.07, 6.45) is 10.3. The van der Waals surface area contributed by atoms with Crippen molar-refractivity contribution < 1.29 is 9.53 Å². The van der Waals surface area contributed by atoms with Crippen LogP contribution in [0.15, 0.2) is 35.6 Å². The third kappa shape index (κ3) is 6.08. The lowest BCUT2D eigenvalue weighted by atomic mass is 9.90. The first-order valence-electron chi connectivity index (χ1n) is 8.42. The van der Waals surface area contributed by atoms with Crippen molar-refractivity contribution in [3.63, 3.8) is 0 Å². The zero-order chi connectivity index (χ0) is 16.5. The van der Waals surface area contributed by atoms with Crippen molar-refractivity contribution >= 4 is 5.91 Å². The lowest BCUT2D eigenvalue weighted by Gasteiger charge is -2.17. The highest BCUT2D eigenvalue weighted by molar-refractivity contribution is 5.73. The van der Waals surface area contributed by atoms with Gasteiger partial charge in [0.15, 0.2) is 0 Å². The molecule has 2 N–H and O–H groups in total. The number of rotatable bonds is 7. The number of carbonyl (C=O) groups is 1. The van der Waals surface area contributed by atoms with Crippen LogP contribution in [0, 0.1) is 11.8 Å². The summed E-state index contributed by atoms with van der Waals surface area (Å²) in [6.45, 7) is 11.0. The van der Waals surface area contributed by atoms with Gasteiger partial charge in [0.05, 0.1) is 6.61 Å². The third-order valence-electron chi connectivity index (χ3n) is 4.46. The Hall–Kier alpha value is -1.51. The Morgan fingerprint density at radius 3 is 2.64 bits per heavy atom. The van der Waals surface area contributed by atoms with Crippen molar-refractivity contribution in [2.75, 3.05) is 6.61 Å². The summed E-state index contributed by atoms with van der Waals surface area (Å²) in [6, 6.07) is 0. The van der Waals surface area contributed by atoms with Crippen LogP contribution in [0.2, 0.25) is 0 Å². The minimum atomic E-state index is -0.174. The quantitative estimate of drug-likeness (QED) is 0.428. The molecule has 1 aliphatic rings. The van der Waals surface area contributed by atoms with Crippen LogP contribution in [-0.2, 0) is 9.53 Å². The highest BCUT2D eigenvalue weighted by atomic mass is 16.5. The van der Waals surface area contributed by atoms with Crippen molar-refractivity contribution in [3.8, 4) is 0 Å². The van der Waals surface area contributed by atoms with Crippen molar-refractivity contribution in [2.45, 2.75) is 59.3 Å². The van der Waals surface area contributed by atoms with Crippen LogP contribution in [0.4, 0.5) is 0 Å². The van der Waals surface area contributed by atoms with Gasteiger partial charge >= 0.3 is 0 Å². The molecule has 0 aromatic rings. The Balaban J connectivity index is 2.64. The first-order chi connectivity index (χ1) is 10.5. The summed E-state index contributed by atoms with van der Waals surface area (Å²) in [5.74, 6) is 1.72. The molecule has 3 nitrogen and oxygen atoms in total. The molecule has 1 aliphatic carbocycles. The number of primary amides is 1. The van der Waals surface area contributed by atoms with E-state index in [0.717, 1.165) is 43.4 Å². The second kappa shape index (κ2) is 9.50. The van der Waals surface area contributed by atoms with E-state index in [1.165, 1.54) is 5.57 Å². The van der Waals surface area contributed by atoms with Crippen LogP contribution in [0.25, 0.3) is 0 Å². The van der Waals surface area contributed by atoms with Crippen molar-refractivity contribution in [3.05, 3.63) is 35.6 Å². The lowest BCUT2D eigenvalue weighted by Crippen LogP contribution is -2.16. The summed E-state index contributed by atoms with van der Waals surface area (Å²) in [4.78, 5) is 11.1. The van der Waals surface area contributed by atoms with E-state index in [9.17, 15) is 4.79 Å². The molecule has 0 heterocycles. The van der Waals surface area contributed by atoms with Gasteiger partial charge in [-0.15, -0.1) is 0 Å². The molecule has 0 aliphatic heterocycles. The first-order valence-corrected chi connectivity index (χ1v) is 8.42. The normalized spacial score (nSPS) is 23.8. The molecule has 0 bridgehead atoms. The molecule has 2 atom stereocenters. The van der Waals surface area contributed by atoms with Crippen molar-refractivity contribution in [2.24, 2.45) is 17.6 Å². The largest absolute Gasteiger partial charge is 0.494 e. The van der Waals surface area contributed by atoms with Crippen LogP contribution in [0.5, 0.6) is 0 Å². The number of hydrogen-bond donors (Lipinski definition) is 1. The van der Waals surface area contributed by atoms with Gasteiger partial charge in [-0.1, -0.05) is 24.6 Å². The SMILES string of the molecule is C=C(/C=C(C)/C(=C\C)OCC)[C@H]1CCCC(CC(N)=O)CC1. The molecule has 1 fully saturated rings. The van der Waals surface area contributed by atoms with E-state index in [1.54, 1.807) is 0 Å². The van der Waals surface area contributed by atoms with Crippen LogP contribution in [-0.4, -0.2) is 12.5 Å². The topological polar surface area (TPSA) is 52.3 Å². The van der Waals surface area contributed by atoms with E-state index in [-0.39, 0.29) is 5.91 Å². The molecule has 0 aromatic carbocycles. The van der Waals surface area contributed by atoms with Gasteiger partial charge < -0.3 is 10.5 Å². The molecule has 22 heavy (non-hydrogen) atoms. The molecule has 1 unspecified atom stereocenters. The fourth-order valence-corrected chi connectivity index (χ4v) is 3.29. The van der Waals surface area contributed by atoms with Gasteiger partial charge in [-0.25, -0.2) is 0 Å². The Bertz CT molecular complexity index is 448. The predicted octanol–water partition coefficient (Wildman–Crippen LogP) is 4.50. The lowest BCUT2D eigenvalue weighted by molar-refractivity contribution is -0.119. The van der Waals surface area contributed by atoms with Crippen LogP contribution in [0.3, 0.4) is 0 Å². The molecule has 1 rings (SSSR count). The van der Waals surface area contributed by atoms with Gasteiger partial charge in [-0.05, 0) is 69.9 Å². The molecule has 0 radical (unpaired) electrons. The zero-order valence-corrected chi connectivity index (χ0v) is 14.4. The van der Waals surface area contributed by atoms with Crippen LogP contribution < -0.4 is 5.73 Å². The second-order valence-electron chi connectivity index (χ2n) is 6.23. The Morgan fingerprint density at radius 2 is 2.05 bits per heavy atom. The van der Waals surface area contributed by atoms with Gasteiger partial charge in [0.25, 0.3) is 0 Å². The number of amides is 1. The Labute approximate surface area is 135 Å². The fraction of sp³-hybridized carbons (Fsp3) is 0.632. The monoisotopic (exact) mass is 305 g/mol. The molecule has 3 heteroatoms. The van der Waals surface area contributed by atoms with Crippen molar-refractivity contribution in [1.29, 1.82) is 0 Å². The molecular weight excluding hydrogens is 274 g/mol. The number of ether oxygens (including phenoxy) is 1. The van der Waals surface area contributed by atoms with Gasteiger partial charge in [0, 0.05) is 6.42 Å². The standard InChI is InChI=1S/C19H31NO2/c1-5-18(22-6-2)15(4)12-14(3)17-9-7-8-16(10-11-17)13-19(20)21/h5,12,16-17H,3,6-11,13H2,1-2,4H3,(H2,20,21)/b15-12+,18-5+/t16?,17-/m0/s1. The summed E-state index contributed by atoms with van der Waals surface area (Å²) < 4.78 is 5.63. The molecule has 0 saturated heterocycles. The average molecular weight is 305 g/mol. The summed E-state index contributed by atoms with van der Waals surface area (Å²) in [5, 5.41) is 0.